The number of nitro groups is 1. The van der Waals surface area contributed by atoms with Crippen LogP contribution in [0.3, 0.4) is 0 Å². The first-order valence-electron chi connectivity index (χ1n) is 4.82. The molecule has 1 aromatic heterocycles. The second-order valence-electron chi connectivity index (χ2n) is 3.32. The second-order valence-corrected chi connectivity index (χ2v) is 3.32. The number of benzene rings is 1. The third-order valence-electron chi connectivity index (χ3n) is 2.14. The Morgan fingerprint density at radius 3 is 2.83 bits per heavy atom. The van der Waals surface area contributed by atoms with Crippen LogP contribution in [0, 0.1) is 15.9 Å². The van der Waals surface area contributed by atoms with E-state index in [-0.39, 0.29) is 11.5 Å². The highest BCUT2D eigenvalue weighted by Crippen LogP contribution is 2.18. The van der Waals surface area contributed by atoms with E-state index in [0.29, 0.717) is 0 Å². The van der Waals surface area contributed by atoms with Crippen molar-refractivity contribution in [1.82, 2.24) is 9.97 Å². The van der Waals surface area contributed by atoms with Crippen LogP contribution in [-0.2, 0) is 0 Å². The Morgan fingerprint density at radius 2 is 2.28 bits per heavy atom. The van der Waals surface area contributed by atoms with Crippen LogP contribution in [0.2, 0.25) is 0 Å². The minimum atomic E-state index is -1.06. The topological polar surface area (TPSA) is 101 Å². The molecule has 8 heteroatoms. The predicted molar refractivity (Wildman–Crippen MR) is 59.6 cm³/mol. The van der Waals surface area contributed by atoms with Gasteiger partial charge in [0.15, 0.2) is 0 Å². The fraction of sp³-hybridized carbons (Fsp3) is 0. The van der Waals surface area contributed by atoms with Crippen molar-refractivity contribution in [2.24, 2.45) is 0 Å². The molecule has 0 spiro atoms. The zero-order valence-electron chi connectivity index (χ0n) is 8.88. The van der Waals surface area contributed by atoms with Gasteiger partial charge in [-0.15, -0.1) is 0 Å². The molecule has 0 saturated heterocycles. The van der Waals surface area contributed by atoms with E-state index in [0.717, 1.165) is 12.1 Å². The van der Waals surface area contributed by atoms with Crippen LogP contribution < -0.4 is 5.32 Å². The van der Waals surface area contributed by atoms with Gasteiger partial charge in [0.05, 0.1) is 4.92 Å². The van der Waals surface area contributed by atoms with Crippen LogP contribution in [0.1, 0.15) is 10.4 Å². The number of hydrogen-bond donors (Lipinski definition) is 2. The second kappa shape index (κ2) is 4.62. The Hall–Kier alpha value is -2.77. The summed E-state index contributed by atoms with van der Waals surface area (Å²) in [5.41, 5.74) is -0.709. The van der Waals surface area contributed by atoms with Crippen molar-refractivity contribution in [2.45, 2.75) is 0 Å². The number of nitrogens with one attached hydrogen (secondary N) is 2. The SMILES string of the molecule is O=C(Nc1ncc[nH]1)c1ccc([N+](=O)[O-])c(F)c1. The van der Waals surface area contributed by atoms with Crippen LogP contribution in [0.5, 0.6) is 0 Å². The van der Waals surface area contributed by atoms with Crippen LogP contribution in [0.25, 0.3) is 0 Å². The first kappa shape index (κ1) is 11.7. The van der Waals surface area contributed by atoms with Crippen molar-refractivity contribution in [3.8, 4) is 0 Å². The Morgan fingerprint density at radius 1 is 1.50 bits per heavy atom. The zero-order valence-corrected chi connectivity index (χ0v) is 8.88. The minimum Gasteiger partial charge on any atom is -0.331 e. The summed E-state index contributed by atoms with van der Waals surface area (Å²) in [5.74, 6) is -1.47. The maximum absolute atomic E-state index is 13.3. The number of nitrogens with zero attached hydrogens (tertiary/aromatic N) is 2. The molecule has 0 atom stereocenters. The van der Waals surface area contributed by atoms with E-state index in [4.69, 9.17) is 0 Å². The van der Waals surface area contributed by atoms with Gasteiger partial charge in [0.25, 0.3) is 5.91 Å². The normalized spacial score (nSPS) is 10.1. The maximum atomic E-state index is 13.3. The van der Waals surface area contributed by atoms with E-state index in [1.165, 1.54) is 18.5 Å². The molecule has 2 rings (SSSR count). The van der Waals surface area contributed by atoms with E-state index in [9.17, 15) is 19.3 Å². The van der Waals surface area contributed by atoms with E-state index in [2.05, 4.69) is 15.3 Å². The summed E-state index contributed by atoms with van der Waals surface area (Å²) >= 11 is 0. The molecule has 2 N–H and O–H groups in total. The average Bonchev–Trinajstić information content (AvgIpc) is 2.81. The molecule has 92 valence electrons. The molecule has 0 bridgehead atoms. The van der Waals surface area contributed by atoms with Gasteiger partial charge in [-0.1, -0.05) is 0 Å². The summed E-state index contributed by atoms with van der Waals surface area (Å²) in [6.45, 7) is 0. The van der Waals surface area contributed by atoms with E-state index in [1.807, 2.05) is 0 Å². The van der Waals surface area contributed by atoms with Crippen LogP contribution in [0.4, 0.5) is 16.0 Å². The highest BCUT2D eigenvalue weighted by atomic mass is 19.1. The molecule has 0 fully saturated rings. The smallest absolute Gasteiger partial charge is 0.304 e. The molecule has 0 aliphatic heterocycles. The van der Waals surface area contributed by atoms with Crippen LogP contribution >= 0.6 is 0 Å². The van der Waals surface area contributed by atoms with Crippen molar-refractivity contribution in [1.29, 1.82) is 0 Å². The van der Waals surface area contributed by atoms with Crippen molar-refractivity contribution in [3.63, 3.8) is 0 Å². The molecule has 0 radical (unpaired) electrons. The third-order valence-corrected chi connectivity index (χ3v) is 2.14. The summed E-state index contributed by atoms with van der Waals surface area (Å²) < 4.78 is 13.3. The van der Waals surface area contributed by atoms with Crippen LogP contribution in [0.15, 0.2) is 30.6 Å². The predicted octanol–water partition coefficient (Wildman–Crippen LogP) is 1.71. The van der Waals surface area contributed by atoms with Gasteiger partial charge < -0.3 is 4.98 Å². The average molecular weight is 250 g/mol. The van der Waals surface area contributed by atoms with Gasteiger partial charge >= 0.3 is 5.69 Å². The lowest BCUT2D eigenvalue weighted by atomic mass is 10.2. The number of imidazole rings is 1. The van der Waals surface area contributed by atoms with Crippen LogP contribution in [-0.4, -0.2) is 20.8 Å². The molecular formula is C10H7FN4O3. The number of H-pyrrole nitrogens is 1. The lowest BCUT2D eigenvalue weighted by Gasteiger charge is -2.02. The molecule has 18 heavy (non-hydrogen) atoms. The standard InChI is InChI=1S/C10H7FN4O3/c11-7-5-6(1-2-8(7)15(17)18)9(16)14-10-12-3-4-13-10/h1-5H,(H2,12,13,14,16). The van der Waals surface area contributed by atoms with E-state index >= 15 is 0 Å². The van der Waals surface area contributed by atoms with E-state index < -0.39 is 22.3 Å². The first-order valence-corrected chi connectivity index (χ1v) is 4.82. The molecule has 0 aliphatic rings. The number of carbonyl (C=O) groups excluding carboxylic acids is 1. The summed E-state index contributed by atoms with van der Waals surface area (Å²) in [5, 5.41) is 12.8. The number of halogens is 1. The van der Waals surface area contributed by atoms with Gasteiger partial charge in [-0.25, -0.2) is 4.98 Å². The first-order chi connectivity index (χ1) is 8.58. The lowest BCUT2D eigenvalue weighted by molar-refractivity contribution is -0.387. The van der Waals surface area contributed by atoms with E-state index in [1.54, 1.807) is 0 Å². The Labute approximate surface area is 99.8 Å². The number of amides is 1. The summed E-state index contributed by atoms with van der Waals surface area (Å²) in [6, 6.07) is 2.91. The number of rotatable bonds is 3. The van der Waals surface area contributed by atoms with Crippen molar-refractivity contribution in [2.75, 3.05) is 5.32 Å². The fourth-order valence-corrected chi connectivity index (χ4v) is 1.31. The number of aromatic amines is 1. The van der Waals surface area contributed by atoms with Crippen molar-refractivity contribution >= 4 is 17.5 Å². The van der Waals surface area contributed by atoms with Gasteiger partial charge in [0.1, 0.15) is 0 Å². The van der Waals surface area contributed by atoms with Gasteiger partial charge in [-0.05, 0) is 12.1 Å². The number of hydrogen-bond acceptors (Lipinski definition) is 4. The zero-order chi connectivity index (χ0) is 13.1. The molecule has 0 unspecified atom stereocenters. The summed E-state index contributed by atoms with van der Waals surface area (Å²) in [4.78, 5) is 27.6. The van der Waals surface area contributed by atoms with Gasteiger partial charge in [-0.3, -0.25) is 20.2 Å². The molecule has 7 nitrogen and oxygen atoms in total. The summed E-state index contributed by atoms with van der Waals surface area (Å²) in [7, 11) is 0. The number of nitro benzene ring substituents is 1. The summed E-state index contributed by atoms with van der Waals surface area (Å²) in [6.07, 6.45) is 2.94. The molecule has 1 amide bonds. The fourth-order valence-electron chi connectivity index (χ4n) is 1.31. The largest absolute Gasteiger partial charge is 0.331 e. The maximum Gasteiger partial charge on any atom is 0.304 e. The molecular weight excluding hydrogens is 243 g/mol. The number of aromatic nitrogens is 2. The van der Waals surface area contributed by atoms with Crippen molar-refractivity contribution < 1.29 is 14.1 Å². The Balaban J connectivity index is 2.21. The lowest BCUT2D eigenvalue weighted by Crippen LogP contribution is -2.13. The molecule has 2 aromatic rings. The minimum absolute atomic E-state index is 0.0329. The number of carbonyl (C=O) groups is 1. The van der Waals surface area contributed by atoms with Gasteiger partial charge in [0.2, 0.25) is 11.8 Å². The quantitative estimate of drug-likeness (QED) is 0.639. The van der Waals surface area contributed by atoms with Gasteiger partial charge in [0, 0.05) is 24.0 Å². The molecule has 1 aromatic carbocycles. The Bertz CT molecular complexity index is 597. The number of anilines is 1. The molecule has 0 saturated carbocycles. The molecule has 0 aliphatic carbocycles. The van der Waals surface area contributed by atoms with Gasteiger partial charge in [-0.2, -0.15) is 4.39 Å². The Kier molecular flexibility index (Phi) is 3.00. The van der Waals surface area contributed by atoms with Crippen molar-refractivity contribution in [3.05, 3.63) is 52.1 Å². The monoisotopic (exact) mass is 250 g/mol. The highest BCUT2D eigenvalue weighted by Gasteiger charge is 2.16. The third kappa shape index (κ3) is 2.32. The highest BCUT2D eigenvalue weighted by molar-refractivity contribution is 6.03. The molecule has 1 heterocycles.